The molecular formula is C13H15F2N3O. The molecule has 1 aromatic carbocycles. The molecule has 4 nitrogen and oxygen atoms in total. The van der Waals surface area contributed by atoms with E-state index in [-0.39, 0.29) is 5.75 Å². The molecule has 0 aliphatic carbocycles. The lowest BCUT2D eigenvalue weighted by molar-refractivity contribution is -0.0504. The number of para-hydroxylation sites is 1. The lowest BCUT2D eigenvalue weighted by atomic mass is 10.2. The predicted molar refractivity (Wildman–Crippen MR) is 68.3 cm³/mol. The first-order valence-electron chi connectivity index (χ1n) is 5.83. The number of hydrogen-bond acceptors (Lipinski definition) is 3. The molecule has 1 N–H and O–H groups in total. The van der Waals surface area contributed by atoms with E-state index < -0.39 is 6.61 Å². The third kappa shape index (κ3) is 3.43. The minimum atomic E-state index is -2.82. The summed E-state index contributed by atoms with van der Waals surface area (Å²) in [6.45, 7) is -0.541. The molecule has 19 heavy (non-hydrogen) atoms. The zero-order valence-electron chi connectivity index (χ0n) is 10.7. The van der Waals surface area contributed by atoms with E-state index in [1.807, 2.05) is 20.2 Å². The molecule has 1 heterocycles. The number of anilines is 1. The smallest absolute Gasteiger partial charge is 0.387 e. The number of rotatable bonds is 5. The summed E-state index contributed by atoms with van der Waals surface area (Å²) in [6.07, 6.45) is 1.84. The summed E-state index contributed by atoms with van der Waals surface area (Å²) < 4.78 is 30.7. The van der Waals surface area contributed by atoms with Crippen LogP contribution in [0.3, 0.4) is 0 Å². The van der Waals surface area contributed by atoms with Gasteiger partial charge in [-0.05, 0) is 13.0 Å². The van der Waals surface area contributed by atoms with Crippen molar-refractivity contribution in [3.63, 3.8) is 0 Å². The molecule has 1 aromatic heterocycles. The quantitative estimate of drug-likeness (QED) is 0.905. The monoisotopic (exact) mass is 267 g/mol. The number of benzene rings is 1. The van der Waals surface area contributed by atoms with Crippen molar-refractivity contribution in [3.05, 3.63) is 41.7 Å². The Labute approximate surface area is 110 Å². The second-order valence-electron chi connectivity index (χ2n) is 4.14. The van der Waals surface area contributed by atoms with Crippen molar-refractivity contribution in [1.82, 2.24) is 9.78 Å². The van der Waals surface area contributed by atoms with E-state index in [2.05, 4.69) is 15.2 Å². The minimum Gasteiger partial charge on any atom is -0.434 e. The van der Waals surface area contributed by atoms with Crippen LogP contribution in [-0.2, 0) is 13.6 Å². The average molecular weight is 267 g/mol. The number of nitrogens with zero attached hydrogens (tertiary/aromatic N) is 2. The van der Waals surface area contributed by atoms with Gasteiger partial charge in [0.15, 0.2) is 0 Å². The van der Waals surface area contributed by atoms with E-state index in [1.165, 1.54) is 6.07 Å². The van der Waals surface area contributed by atoms with Gasteiger partial charge in [-0.2, -0.15) is 13.9 Å². The molecule has 0 radical (unpaired) electrons. The topological polar surface area (TPSA) is 39.1 Å². The van der Waals surface area contributed by atoms with E-state index in [9.17, 15) is 8.78 Å². The van der Waals surface area contributed by atoms with Gasteiger partial charge in [-0.3, -0.25) is 4.68 Å². The first kappa shape index (κ1) is 13.3. The fraction of sp³-hybridized carbons (Fsp3) is 0.308. The molecule has 0 aliphatic rings. The number of ether oxygens (including phenoxy) is 1. The molecule has 6 heteroatoms. The van der Waals surface area contributed by atoms with Crippen LogP contribution in [-0.4, -0.2) is 16.4 Å². The van der Waals surface area contributed by atoms with Gasteiger partial charge in [-0.1, -0.05) is 18.2 Å². The third-order valence-corrected chi connectivity index (χ3v) is 2.67. The largest absolute Gasteiger partial charge is 0.434 e. The van der Waals surface area contributed by atoms with Crippen LogP contribution < -0.4 is 10.1 Å². The maximum atomic E-state index is 12.3. The Kier molecular flexibility index (Phi) is 3.99. The Bertz CT molecular complexity index is 555. The van der Waals surface area contributed by atoms with Crippen molar-refractivity contribution in [2.45, 2.75) is 20.1 Å². The van der Waals surface area contributed by atoms with E-state index >= 15 is 0 Å². The Morgan fingerprint density at radius 3 is 2.74 bits per heavy atom. The van der Waals surface area contributed by atoms with Crippen LogP contribution in [0.5, 0.6) is 5.75 Å². The zero-order chi connectivity index (χ0) is 13.8. The highest BCUT2D eigenvalue weighted by molar-refractivity contribution is 5.47. The van der Waals surface area contributed by atoms with Gasteiger partial charge in [0.05, 0.1) is 11.4 Å². The highest BCUT2D eigenvalue weighted by Crippen LogP contribution is 2.22. The summed E-state index contributed by atoms with van der Waals surface area (Å²) in [5, 5.41) is 7.35. The Hall–Kier alpha value is -2.11. The molecule has 102 valence electrons. The van der Waals surface area contributed by atoms with Crippen LogP contribution in [0.15, 0.2) is 30.5 Å². The van der Waals surface area contributed by atoms with E-state index in [0.717, 1.165) is 11.4 Å². The van der Waals surface area contributed by atoms with Crippen LogP contribution in [0.2, 0.25) is 0 Å². The molecule has 0 bridgehead atoms. The van der Waals surface area contributed by atoms with Gasteiger partial charge < -0.3 is 10.1 Å². The Morgan fingerprint density at radius 2 is 2.11 bits per heavy atom. The Morgan fingerprint density at radius 1 is 1.37 bits per heavy atom. The molecule has 0 atom stereocenters. The molecule has 0 amide bonds. The summed E-state index contributed by atoms with van der Waals surface area (Å²) >= 11 is 0. The van der Waals surface area contributed by atoms with E-state index in [0.29, 0.717) is 12.1 Å². The molecule has 0 spiro atoms. The van der Waals surface area contributed by atoms with Crippen molar-refractivity contribution in [1.29, 1.82) is 0 Å². The van der Waals surface area contributed by atoms with E-state index in [1.54, 1.807) is 22.9 Å². The van der Waals surface area contributed by atoms with Gasteiger partial charge in [0.1, 0.15) is 5.75 Å². The molecule has 0 unspecified atom stereocenters. The molecule has 2 aromatic rings. The van der Waals surface area contributed by atoms with Gasteiger partial charge in [-0.25, -0.2) is 0 Å². The fourth-order valence-corrected chi connectivity index (χ4v) is 1.82. The fourth-order valence-electron chi connectivity index (χ4n) is 1.82. The predicted octanol–water partition coefficient (Wildman–Crippen LogP) is 2.94. The van der Waals surface area contributed by atoms with Crippen molar-refractivity contribution < 1.29 is 13.5 Å². The number of hydrogen-bond donors (Lipinski definition) is 1. The summed E-state index contributed by atoms with van der Waals surface area (Å²) in [5.74, 6) is 0.187. The van der Waals surface area contributed by atoms with Gasteiger partial charge >= 0.3 is 6.61 Å². The normalized spacial score (nSPS) is 10.8. The standard InChI is InChI=1S/C13H15F2N3O/c1-9-11(8-18(2)17-9)16-7-10-5-3-4-6-12(10)19-13(14)15/h3-6,8,13,16H,7H2,1-2H3. The van der Waals surface area contributed by atoms with Gasteiger partial charge in [0.2, 0.25) is 0 Å². The number of halogens is 2. The van der Waals surface area contributed by atoms with Gasteiger partial charge in [-0.15, -0.1) is 0 Å². The van der Waals surface area contributed by atoms with Crippen LogP contribution in [0, 0.1) is 6.92 Å². The maximum Gasteiger partial charge on any atom is 0.387 e. The zero-order valence-corrected chi connectivity index (χ0v) is 10.7. The number of aryl methyl sites for hydroxylation is 2. The highest BCUT2D eigenvalue weighted by atomic mass is 19.3. The first-order chi connectivity index (χ1) is 9.06. The summed E-state index contributed by atoms with van der Waals surface area (Å²) in [5.41, 5.74) is 2.40. The number of aromatic nitrogens is 2. The van der Waals surface area contributed by atoms with Crippen LogP contribution in [0.1, 0.15) is 11.3 Å². The number of nitrogens with one attached hydrogen (secondary N) is 1. The SMILES string of the molecule is Cc1nn(C)cc1NCc1ccccc1OC(F)F. The van der Waals surface area contributed by atoms with Crippen molar-refractivity contribution in [2.24, 2.45) is 7.05 Å². The molecule has 0 saturated heterocycles. The minimum absolute atomic E-state index is 0.187. The van der Waals surface area contributed by atoms with Gasteiger partial charge in [0.25, 0.3) is 0 Å². The second-order valence-corrected chi connectivity index (χ2v) is 4.14. The molecule has 2 rings (SSSR count). The van der Waals surface area contributed by atoms with Crippen LogP contribution in [0.4, 0.5) is 14.5 Å². The molecule has 0 saturated carbocycles. The summed E-state index contributed by atoms with van der Waals surface area (Å²) in [6, 6.07) is 6.72. The Balaban J connectivity index is 2.09. The third-order valence-electron chi connectivity index (χ3n) is 2.67. The maximum absolute atomic E-state index is 12.3. The van der Waals surface area contributed by atoms with Crippen molar-refractivity contribution >= 4 is 5.69 Å². The lowest BCUT2D eigenvalue weighted by Gasteiger charge is -2.11. The highest BCUT2D eigenvalue weighted by Gasteiger charge is 2.09. The first-order valence-corrected chi connectivity index (χ1v) is 5.83. The number of alkyl halides is 2. The van der Waals surface area contributed by atoms with Crippen molar-refractivity contribution in [2.75, 3.05) is 5.32 Å². The van der Waals surface area contributed by atoms with Crippen LogP contribution in [0.25, 0.3) is 0 Å². The van der Waals surface area contributed by atoms with Crippen molar-refractivity contribution in [3.8, 4) is 5.75 Å². The van der Waals surface area contributed by atoms with Gasteiger partial charge in [0, 0.05) is 25.4 Å². The lowest BCUT2D eigenvalue weighted by Crippen LogP contribution is -2.07. The summed E-state index contributed by atoms with van der Waals surface area (Å²) in [4.78, 5) is 0. The average Bonchev–Trinajstić information content (AvgIpc) is 2.66. The van der Waals surface area contributed by atoms with Crippen LogP contribution >= 0.6 is 0 Å². The molecule has 0 aliphatic heterocycles. The van der Waals surface area contributed by atoms with E-state index in [4.69, 9.17) is 0 Å². The summed E-state index contributed by atoms with van der Waals surface area (Å²) in [7, 11) is 1.83. The second kappa shape index (κ2) is 5.69. The molecule has 0 fully saturated rings. The molecular weight excluding hydrogens is 252 g/mol.